The number of benzene rings is 1. The summed E-state index contributed by atoms with van der Waals surface area (Å²) in [5.74, 6) is 6.06. The van der Waals surface area contributed by atoms with Gasteiger partial charge in [0, 0.05) is 28.4 Å². The second kappa shape index (κ2) is 6.64. The Hall–Kier alpha value is -2.31. The normalized spacial score (nSPS) is 10.5. The topological polar surface area (TPSA) is 42.0 Å². The van der Waals surface area contributed by atoms with Crippen molar-refractivity contribution in [2.75, 3.05) is 5.32 Å². The van der Waals surface area contributed by atoms with Gasteiger partial charge in [-0.05, 0) is 57.2 Å². The molecule has 112 valence electrons. The van der Waals surface area contributed by atoms with Crippen LogP contribution in [0, 0.1) is 17.3 Å². The molecule has 0 spiro atoms. The first-order valence-corrected chi connectivity index (χ1v) is 7.27. The summed E-state index contributed by atoms with van der Waals surface area (Å²) >= 11 is 5.79. The van der Waals surface area contributed by atoms with Crippen LogP contribution < -0.4 is 5.32 Å². The molecule has 4 heteroatoms. The summed E-state index contributed by atoms with van der Waals surface area (Å²) in [4.78, 5) is 16.0. The van der Waals surface area contributed by atoms with Crippen LogP contribution in [0.5, 0.6) is 0 Å². The third-order valence-electron chi connectivity index (χ3n) is 2.71. The Bertz CT molecular complexity index is 734. The first-order valence-electron chi connectivity index (χ1n) is 6.90. The Morgan fingerprint density at radius 3 is 2.45 bits per heavy atom. The van der Waals surface area contributed by atoms with E-state index in [0.717, 1.165) is 5.56 Å². The summed E-state index contributed by atoms with van der Waals surface area (Å²) in [6.45, 7) is 6.17. The fraction of sp³-hybridized carbons (Fsp3) is 0.222. The van der Waals surface area contributed by atoms with Crippen LogP contribution in [-0.4, -0.2) is 10.9 Å². The predicted molar refractivity (Wildman–Crippen MR) is 90.0 cm³/mol. The summed E-state index contributed by atoms with van der Waals surface area (Å²) in [7, 11) is 0. The average molecular weight is 313 g/mol. The number of pyridine rings is 1. The van der Waals surface area contributed by atoms with Crippen molar-refractivity contribution in [2.45, 2.75) is 20.8 Å². The van der Waals surface area contributed by atoms with Crippen LogP contribution in [0.25, 0.3) is 0 Å². The van der Waals surface area contributed by atoms with E-state index in [1.54, 1.807) is 30.5 Å². The lowest BCUT2D eigenvalue weighted by atomic mass is 9.97. The van der Waals surface area contributed by atoms with Gasteiger partial charge in [-0.1, -0.05) is 23.4 Å². The number of aromatic nitrogens is 1. The van der Waals surface area contributed by atoms with Crippen LogP contribution >= 0.6 is 11.6 Å². The number of hydrogen-bond donors (Lipinski definition) is 1. The van der Waals surface area contributed by atoms with E-state index in [1.165, 1.54) is 0 Å². The molecule has 2 aromatic rings. The van der Waals surface area contributed by atoms with Crippen molar-refractivity contribution in [1.82, 2.24) is 4.98 Å². The van der Waals surface area contributed by atoms with E-state index in [2.05, 4.69) is 42.9 Å². The second-order valence-corrected chi connectivity index (χ2v) is 6.29. The maximum Gasteiger partial charge on any atom is 0.255 e. The number of anilines is 1. The fourth-order valence-electron chi connectivity index (χ4n) is 1.65. The molecule has 0 aliphatic carbocycles. The van der Waals surface area contributed by atoms with Crippen LogP contribution in [0.15, 0.2) is 42.6 Å². The third kappa shape index (κ3) is 4.91. The van der Waals surface area contributed by atoms with Crippen LogP contribution in [-0.2, 0) is 0 Å². The number of carbonyl (C=O) groups is 1. The Morgan fingerprint density at radius 1 is 1.18 bits per heavy atom. The highest BCUT2D eigenvalue weighted by atomic mass is 35.5. The van der Waals surface area contributed by atoms with E-state index in [0.29, 0.717) is 16.4 Å². The van der Waals surface area contributed by atoms with E-state index in [1.807, 2.05) is 12.1 Å². The number of carbonyl (C=O) groups excluding carboxylic acids is 1. The standard InChI is InChI=1S/C18H17ClN2O/c1-18(2,3)10-8-13-4-6-14(7-5-13)17(22)21-15-9-11-20-16(19)12-15/h4-7,9,11-12H,1-3H3,(H,20,21,22). The predicted octanol–water partition coefficient (Wildman–Crippen LogP) is 4.38. The Kier molecular flexibility index (Phi) is 4.85. The molecule has 0 bridgehead atoms. The van der Waals surface area contributed by atoms with Gasteiger partial charge in [0.25, 0.3) is 5.91 Å². The smallest absolute Gasteiger partial charge is 0.255 e. The van der Waals surface area contributed by atoms with E-state index in [-0.39, 0.29) is 11.3 Å². The van der Waals surface area contributed by atoms with Crippen molar-refractivity contribution in [3.8, 4) is 11.8 Å². The molecule has 0 atom stereocenters. The summed E-state index contributed by atoms with van der Waals surface area (Å²) in [6, 6.07) is 10.5. The van der Waals surface area contributed by atoms with Crippen LogP contribution in [0.1, 0.15) is 36.7 Å². The van der Waals surface area contributed by atoms with E-state index < -0.39 is 0 Å². The first kappa shape index (κ1) is 16.1. The van der Waals surface area contributed by atoms with Gasteiger partial charge in [0.1, 0.15) is 5.15 Å². The van der Waals surface area contributed by atoms with Crippen molar-refractivity contribution in [2.24, 2.45) is 5.41 Å². The summed E-state index contributed by atoms with van der Waals surface area (Å²) in [5, 5.41) is 3.11. The minimum absolute atomic E-state index is 0.0450. The van der Waals surface area contributed by atoms with Gasteiger partial charge in [-0.2, -0.15) is 0 Å². The van der Waals surface area contributed by atoms with Gasteiger partial charge in [-0.15, -0.1) is 0 Å². The molecule has 0 unspecified atom stereocenters. The molecule has 0 radical (unpaired) electrons. The minimum Gasteiger partial charge on any atom is -0.322 e. The molecule has 0 saturated heterocycles. The van der Waals surface area contributed by atoms with Crippen molar-refractivity contribution in [3.63, 3.8) is 0 Å². The molecule has 0 saturated carbocycles. The molecule has 1 N–H and O–H groups in total. The van der Waals surface area contributed by atoms with Gasteiger partial charge < -0.3 is 5.32 Å². The number of halogens is 1. The SMILES string of the molecule is CC(C)(C)C#Cc1ccc(C(=O)Nc2ccnc(Cl)c2)cc1. The molecule has 1 aromatic carbocycles. The molecule has 22 heavy (non-hydrogen) atoms. The lowest BCUT2D eigenvalue weighted by Crippen LogP contribution is -2.11. The van der Waals surface area contributed by atoms with Gasteiger partial charge in [-0.25, -0.2) is 4.98 Å². The molecule has 1 heterocycles. The van der Waals surface area contributed by atoms with E-state index >= 15 is 0 Å². The van der Waals surface area contributed by atoms with Gasteiger partial charge in [0.2, 0.25) is 0 Å². The number of nitrogens with zero attached hydrogens (tertiary/aromatic N) is 1. The highest BCUT2D eigenvalue weighted by Crippen LogP contribution is 2.14. The lowest BCUT2D eigenvalue weighted by molar-refractivity contribution is 0.102. The van der Waals surface area contributed by atoms with Crippen molar-refractivity contribution < 1.29 is 4.79 Å². The highest BCUT2D eigenvalue weighted by Gasteiger charge is 2.07. The zero-order valence-corrected chi connectivity index (χ0v) is 13.5. The quantitative estimate of drug-likeness (QED) is 0.660. The molecule has 0 aliphatic heterocycles. The van der Waals surface area contributed by atoms with Gasteiger partial charge in [0.15, 0.2) is 0 Å². The minimum atomic E-state index is -0.197. The van der Waals surface area contributed by atoms with E-state index in [9.17, 15) is 4.79 Å². The summed E-state index contributed by atoms with van der Waals surface area (Å²) < 4.78 is 0. The van der Waals surface area contributed by atoms with Crippen molar-refractivity contribution >= 4 is 23.2 Å². The Balaban J connectivity index is 2.09. The molecule has 1 amide bonds. The Morgan fingerprint density at radius 2 is 1.86 bits per heavy atom. The van der Waals surface area contributed by atoms with Crippen molar-refractivity contribution in [1.29, 1.82) is 0 Å². The van der Waals surface area contributed by atoms with Gasteiger partial charge in [0.05, 0.1) is 0 Å². The van der Waals surface area contributed by atoms with Crippen LogP contribution in [0.4, 0.5) is 5.69 Å². The largest absolute Gasteiger partial charge is 0.322 e. The number of amides is 1. The number of rotatable bonds is 2. The molecule has 3 nitrogen and oxygen atoms in total. The maximum absolute atomic E-state index is 12.1. The van der Waals surface area contributed by atoms with Crippen molar-refractivity contribution in [3.05, 3.63) is 58.9 Å². The zero-order valence-electron chi connectivity index (χ0n) is 12.8. The molecule has 0 fully saturated rings. The Labute approximate surface area is 135 Å². The lowest BCUT2D eigenvalue weighted by Gasteiger charge is -2.07. The maximum atomic E-state index is 12.1. The number of hydrogen-bond acceptors (Lipinski definition) is 2. The molecule has 2 rings (SSSR count). The summed E-state index contributed by atoms with van der Waals surface area (Å²) in [5.41, 5.74) is 2.02. The molecular weight excluding hydrogens is 296 g/mol. The van der Waals surface area contributed by atoms with Gasteiger partial charge in [-0.3, -0.25) is 4.79 Å². The second-order valence-electron chi connectivity index (χ2n) is 5.90. The highest BCUT2D eigenvalue weighted by molar-refractivity contribution is 6.29. The average Bonchev–Trinajstić information content (AvgIpc) is 2.45. The molecular formula is C18H17ClN2O. The first-order chi connectivity index (χ1) is 10.3. The zero-order chi connectivity index (χ0) is 16.2. The van der Waals surface area contributed by atoms with Crippen LogP contribution in [0.3, 0.4) is 0 Å². The summed E-state index contributed by atoms with van der Waals surface area (Å²) in [6.07, 6.45) is 1.54. The number of nitrogens with one attached hydrogen (secondary N) is 1. The fourth-order valence-corrected chi connectivity index (χ4v) is 1.82. The molecule has 1 aromatic heterocycles. The van der Waals surface area contributed by atoms with Crippen LogP contribution in [0.2, 0.25) is 5.15 Å². The van der Waals surface area contributed by atoms with E-state index in [4.69, 9.17) is 11.6 Å². The third-order valence-corrected chi connectivity index (χ3v) is 2.92. The van der Waals surface area contributed by atoms with Gasteiger partial charge >= 0.3 is 0 Å². The molecule has 0 aliphatic rings. The monoisotopic (exact) mass is 312 g/mol.